The average molecular weight is 467 g/mol. The number of halogens is 3. The van der Waals surface area contributed by atoms with Crippen molar-refractivity contribution in [1.82, 2.24) is 15.3 Å². The van der Waals surface area contributed by atoms with Crippen molar-refractivity contribution in [3.8, 4) is 0 Å². The normalized spacial score (nSPS) is 19.9. The number of nitrogens with zero attached hydrogens (tertiary/aromatic N) is 4. The van der Waals surface area contributed by atoms with Gasteiger partial charge < -0.3 is 15.1 Å². The monoisotopic (exact) mass is 467 g/mol. The van der Waals surface area contributed by atoms with Crippen LogP contribution in [0.25, 0.3) is 0 Å². The number of piperazine rings is 1. The molecule has 2 aliphatic rings. The van der Waals surface area contributed by atoms with E-state index in [1.54, 1.807) is 30.7 Å². The molecule has 34 heavy (non-hydrogen) atoms. The van der Waals surface area contributed by atoms with Crippen LogP contribution in [0.3, 0.4) is 0 Å². The third kappa shape index (κ3) is 4.42. The number of amides is 1. The van der Waals surface area contributed by atoms with Gasteiger partial charge in [0.25, 0.3) is 0 Å². The lowest BCUT2D eigenvalue weighted by Crippen LogP contribution is -2.61. The summed E-state index contributed by atoms with van der Waals surface area (Å²) in [6.45, 7) is 2.13. The SMILES string of the molecule is O=C(NCc1cccnc1)[C@@H]1Cc2cc(C(F)(F)F)ccc2N2CCN(c3ccccn3)C[C@H]12. The highest BCUT2D eigenvalue weighted by atomic mass is 19.4. The van der Waals surface area contributed by atoms with E-state index in [1.807, 2.05) is 24.3 Å². The van der Waals surface area contributed by atoms with Gasteiger partial charge in [-0.25, -0.2) is 4.98 Å². The Labute approximate surface area is 195 Å². The lowest BCUT2D eigenvalue weighted by atomic mass is 9.82. The van der Waals surface area contributed by atoms with E-state index in [1.165, 1.54) is 6.07 Å². The largest absolute Gasteiger partial charge is 0.416 e. The van der Waals surface area contributed by atoms with E-state index in [2.05, 4.69) is 25.1 Å². The molecule has 176 valence electrons. The molecule has 3 aromatic rings. The Morgan fingerprint density at radius 1 is 1.09 bits per heavy atom. The second-order valence-electron chi connectivity index (χ2n) is 8.63. The van der Waals surface area contributed by atoms with Gasteiger partial charge in [0.2, 0.25) is 5.91 Å². The molecule has 2 aliphatic heterocycles. The van der Waals surface area contributed by atoms with E-state index in [0.29, 0.717) is 31.7 Å². The number of carbonyl (C=O) groups excluding carboxylic acids is 1. The van der Waals surface area contributed by atoms with E-state index >= 15 is 0 Å². The summed E-state index contributed by atoms with van der Waals surface area (Å²) in [5, 5.41) is 2.97. The fourth-order valence-electron chi connectivity index (χ4n) is 4.87. The van der Waals surface area contributed by atoms with Gasteiger partial charge >= 0.3 is 6.18 Å². The van der Waals surface area contributed by atoms with Gasteiger partial charge in [0.05, 0.1) is 17.5 Å². The highest BCUT2D eigenvalue weighted by Crippen LogP contribution is 2.40. The van der Waals surface area contributed by atoms with Gasteiger partial charge in [-0.15, -0.1) is 0 Å². The summed E-state index contributed by atoms with van der Waals surface area (Å²) in [5.74, 6) is 0.152. The predicted octanol–water partition coefficient (Wildman–Crippen LogP) is 3.68. The van der Waals surface area contributed by atoms with Crippen molar-refractivity contribution in [2.24, 2.45) is 5.92 Å². The minimum absolute atomic E-state index is 0.176. The van der Waals surface area contributed by atoms with Gasteiger partial charge in [0.15, 0.2) is 0 Å². The van der Waals surface area contributed by atoms with E-state index in [9.17, 15) is 18.0 Å². The number of rotatable bonds is 4. The maximum absolute atomic E-state index is 13.4. The summed E-state index contributed by atoms with van der Waals surface area (Å²) in [7, 11) is 0. The van der Waals surface area contributed by atoms with Crippen LogP contribution in [0, 0.1) is 5.92 Å². The van der Waals surface area contributed by atoms with Gasteiger partial charge in [-0.2, -0.15) is 13.2 Å². The zero-order valence-electron chi connectivity index (χ0n) is 18.4. The molecule has 0 saturated carbocycles. The molecule has 0 aliphatic carbocycles. The third-order valence-corrected chi connectivity index (χ3v) is 6.54. The molecule has 0 radical (unpaired) electrons. The van der Waals surface area contributed by atoms with Gasteiger partial charge in [-0.1, -0.05) is 12.1 Å². The van der Waals surface area contributed by atoms with Crippen LogP contribution in [-0.4, -0.2) is 41.6 Å². The zero-order valence-corrected chi connectivity index (χ0v) is 18.4. The molecule has 1 aromatic carbocycles. The second-order valence-corrected chi connectivity index (χ2v) is 8.63. The number of hydrogen-bond acceptors (Lipinski definition) is 5. The summed E-state index contributed by atoms with van der Waals surface area (Å²) in [6, 6.07) is 13.0. The first-order chi connectivity index (χ1) is 16.4. The fourth-order valence-corrected chi connectivity index (χ4v) is 4.87. The maximum atomic E-state index is 13.4. The summed E-state index contributed by atoms with van der Waals surface area (Å²) in [5.41, 5.74) is 1.50. The van der Waals surface area contributed by atoms with E-state index < -0.39 is 17.7 Å². The third-order valence-electron chi connectivity index (χ3n) is 6.54. The van der Waals surface area contributed by atoms with Gasteiger partial charge in [-0.05, 0) is 53.9 Å². The molecular formula is C25H24F3N5O. The Morgan fingerprint density at radius 3 is 2.71 bits per heavy atom. The van der Waals surface area contributed by atoms with Crippen molar-refractivity contribution in [3.05, 3.63) is 83.8 Å². The summed E-state index contributed by atoms with van der Waals surface area (Å²) < 4.78 is 40.1. The van der Waals surface area contributed by atoms with Crippen molar-refractivity contribution in [2.45, 2.75) is 25.2 Å². The number of alkyl halides is 3. The predicted molar refractivity (Wildman–Crippen MR) is 122 cm³/mol. The van der Waals surface area contributed by atoms with Gasteiger partial charge in [0, 0.05) is 50.5 Å². The van der Waals surface area contributed by atoms with Crippen LogP contribution in [0.1, 0.15) is 16.7 Å². The minimum atomic E-state index is -4.43. The molecule has 0 spiro atoms. The van der Waals surface area contributed by atoms with E-state index in [-0.39, 0.29) is 18.4 Å². The molecular weight excluding hydrogens is 443 g/mol. The molecule has 1 fully saturated rings. The first kappa shape index (κ1) is 22.2. The Kier molecular flexibility index (Phi) is 5.85. The molecule has 2 atom stereocenters. The Hall–Kier alpha value is -3.62. The molecule has 1 N–H and O–H groups in total. The molecule has 2 aromatic heterocycles. The van der Waals surface area contributed by atoms with Crippen LogP contribution >= 0.6 is 0 Å². The van der Waals surface area contributed by atoms with Crippen molar-refractivity contribution in [1.29, 1.82) is 0 Å². The number of fused-ring (bicyclic) bond motifs is 3. The number of anilines is 2. The van der Waals surface area contributed by atoms with E-state index in [0.717, 1.165) is 23.1 Å². The number of aromatic nitrogens is 2. The highest BCUT2D eigenvalue weighted by molar-refractivity contribution is 5.82. The van der Waals surface area contributed by atoms with Crippen LogP contribution in [0.5, 0.6) is 0 Å². The van der Waals surface area contributed by atoms with Crippen molar-refractivity contribution < 1.29 is 18.0 Å². The number of pyridine rings is 2. The van der Waals surface area contributed by atoms with Gasteiger partial charge in [-0.3, -0.25) is 9.78 Å². The quantitative estimate of drug-likeness (QED) is 0.635. The topological polar surface area (TPSA) is 61.4 Å². The van der Waals surface area contributed by atoms with Crippen molar-refractivity contribution in [3.63, 3.8) is 0 Å². The van der Waals surface area contributed by atoms with Crippen LogP contribution in [0.15, 0.2) is 67.1 Å². The lowest BCUT2D eigenvalue weighted by molar-refractivity contribution is -0.137. The first-order valence-electron chi connectivity index (χ1n) is 11.2. The number of nitrogens with one attached hydrogen (secondary N) is 1. The standard InChI is InChI=1S/C25H24F3N5O/c26-25(27,28)19-6-7-21-18(12-19)13-20(24(34)31-15-17-4-3-8-29-14-17)22-16-32(10-11-33(21)22)23-5-1-2-9-30-23/h1-9,12,14,20,22H,10-11,13,15-16H2,(H,31,34)/t20-,22-/m1/s1. The Bertz CT molecular complexity index is 1160. The summed E-state index contributed by atoms with van der Waals surface area (Å²) in [4.78, 5) is 26.1. The molecule has 0 bridgehead atoms. The molecule has 6 nitrogen and oxygen atoms in total. The molecule has 1 saturated heterocycles. The number of benzene rings is 1. The Balaban J connectivity index is 1.44. The van der Waals surface area contributed by atoms with Crippen molar-refractivity contribution in [2.75, 3.05) is 29.4 Å². The lowest BCUT2D eigenvalue weighted by Gasteiger charge is -2.49. The van der Waals surface area contributed by atoms with E-state index in [4.69, 9.17) is 0 Å². The number of carbonyl (C=O) groups is 1. The fraction of sp³-hybridized carbons (Fsp3) is 0.320. The highest BCUT2D eigenvalue weighted by Gasteiger charge is 2.43. The number of hydrogen-bond donors (Lipinski definition) is 1. The second kappa shape index (κ2) is 8.96. The van der Waals surface area contributed by atoms with Crippen LogP contribution in [0.4, 0.5) is 24.7 Å². The first-order valence-corrected chi connectivity index (χ1v) is 11.2. The molecule has 0 unspecified atom stereocenters. The smallest absolute Gasteiger partial charge is 0.364 e. The molecule has 1 amide bonds. The van der Waals surface area contributed by atoms with Gasteiger partial charge in [0.1, 0.15) is 5.82 Å². The maximum Gasteiger partial charge on any atom is 0.416 e. The molecule has 5 rings (SSSR count). The summed E-state index contributed by atoms with van der Waals surface area (Å²) in [6.07, 6.45) is 0.890. The average Bonchev–Trinajstić information content (AvgIpc) is 2.86. The Morgan fingerprint density at radius 2 is 1.97 bits per heavy atom. The van der Waals surface area contributed by atoms with Crippen molar-refractivity contribution >= 4 is 17.4 Å². The zero-order chi connectivity index (χ0) is 23.7. The van der Waals surface area contributed by atoms with Crippen LogP contribution < -0.4 is 15.1 Å². The molecule has 4 heterocycles. The van der Waals surface area contributed by atoms with Crippen LogP contribution in [-0.2, 0) is 23.9 Å². The summed E-state index contributed by atoms with van der Waals surface area (Å²) >= 11 is 0. The molecule has 9 heteroatoms. The minimum Gasteiger partial charge on any atom is -0.364 e. The van der Waals surface area contributed by atoms with Crippen LogP contribution in [0.2, 0.25) is 0 Å².